The van der Waals surface area contributed by atoms with E-state index in [1.807, 2.05) is 24.3 Å². The molecule has 0 saturated carbocycles. The van der Waals surface area contributed by atoms with E-state index >= 15 is 0 Å². The number of para-hydroxylation sites is 1. The van der Waals surface area contributed by atoms with E-state index in [2.05, 4.69) is 36.8 Å². The number of hydrogen-bond donors (Lipinski definition) is 1. The van der Waals surface area contributed by atoms with Gasteiger partial charge in [-0.1, -0.05) is 51.1 Å². The lowest BCUT2D eigenvalue weighted by atomic mass is 9.83. The predicted octanol–water partition coefficient (Wildman–Crippen LogP) is 4.67. The minimum atomic E-state index is -0.293. The van der Waals surface area contributed by atoms with Gasteiger partial charge in [0.2, 0.25) is 0 Å². The Labute approximate surface area is 117 Å². The summed E-state index contributed by atoms with van der Waals surface area (Å²) < 4.78 is 13.8. The molecule has 0 aliphatic heterocycles. The highest BCUT2D eigenvalue weighted by atomic mass is 19.1. The zero-order valence-electron chi connectivity index (χ0n) is 11.9. The fraction of sp³-hybridized carbons (Fsp3) is 0.235. The van der Waals surface area contributed by atoms with Crippen molar-refractivity contribution in [2.75, 3.05) is 0 Å². The Morgan fingerprint density at radius 1 is 1.00 bits per heavy atom. The van der Waals surface area contributed by atoms with Crippen LogP contribution in [0.15, 0.2) is 42.5 Å². The van der Waals surface area contributed by atoms with Gasteiger partial charge in [-0.25, -0.2) is 9.37 Å². The van der Waals surface area contributed by atoms with Gasteiger partial charge in [0.1, 0.15) is 11.3 Å². The topological polar surface area (TPSA) is 28.7 Å². The van der Waals surface area contributed by atoms with Crippen molar-refractivity contribution in [3.05, 3.63) is 53.8 Å². The average molecular weight is 268 g/mol. The van der Waals surface area contributed by atoms with Gasteiger partial charge in [0.15, 0.2) is 5.82 Å². The van der Waals surface area contributed by atoms with Crippen LogP contribution in [0.1, 0.15) is 26.3 Å². The minimum absolute atomic E-state index is 0.00805. The number of aromatic nitrogens is 2. The maximum absolute atomic E-state index is 13.8. The van der Waals surface area contributed by atoms with Crippen LogP contribution in [0, 0.1) is 5.82 Å². The van der Waals surface area contributed by atoms with Crippen molar-refractivity contribution in [1.82, 2.24) is 9.97 Å². The molecule has 2 aromatic carbocycles. The summed E-state index contributed by atoms with van der Waals surface area (Å²) in [6.45, 7) is 6.49. The van der Waals surface area contributed by atoms with Crippen molar-refractivity contribution in [3.8, 4) is 11.4 Å². The fourth-order valence-electron chi connectivity index (χ4n) is 2.47. The Bertz CT molecular complexity index is 766. The molecule has 0 atom stereocenters. The molecule has 102 valence electrons. The van der Waals surface area contributed by atoms with Crippen LogP contribution in [-0.2, 0) is 5.41 Å². The molecule has 0 amide bonds. The van der Waals surface area contributed by atoms with Gasteiger partial charge in [-0.05, 0) is 23.1 Å². The van der Waals surface area contributed by atoms with E-state index in [1.165, 1.54) is 11.6 Å². The van der Waals surface area contributed by atoms with Crippen LogP contribution in [0.5, 0.6) is 0 Å². The van der Waals surface area contributed by atoms with E-state index in [0.717, 1.165) is 16.9 Å². The Morgan fingerprint density at radius 3 is 2.45 bits per heavy atom. The number of imidazole rings is 1. The molecule has 20 heavy (non-hydrogen) atoms. The van der Waals surface area contributed by atoms with Gasteiger partial charge in [0, 0.05) is 5.56 Å². The second-order valence-electron chi connectivity index (χ2n) is 6.02. The standard InChI is InChI=1S/C17H17FN2/c1-17(2,3)12-8-5-4-7-11(12)16-19-14-10-6-9-13(18)15(14)20-16/h4-10H,1-3H3,(H,19,20). The number of nitrogens with one attached hydrogen (secondary N) is 1. The van der Waals surface area contributed by atoms with E-state index < -0.39 is 0 Å². The molecule has 1 aromatic heterocycles. The minimum Gasteiger partial charge on any atom is -0.338 e. The normalized spacial score (nSPS) is 12.0. The van der Waals surface area contributed by atoms with Gasteiger partial charge in [0.25, 0.3) is 0 Å². The van der Waals surface area contributed by atoms with Gasteiger partial charge in [-0.2, -0.15) is 0 Å². The van der Waals surface area contributed by atoms with Crippen molar-refractivity contribution in [1.29, 1.82) is 0 Å². The van der Waals surface area contributed by atoms with Crippen LogP contribution >= 0.6 is 0 Å². The summed E-state index contributed by atoms with van der Waals surface area (Å²) in [4.78, 5) is 7.64. The number of aromatic amines is 1. The lowest BCUT2D eigenvalue weighted by molar-refractivity contribution is 0.591. The summed E-state index contributed by atoms with van der Waals surface area (Å²) in [5, 5.41) is 0. The molecule has 0 aliphatic rings. The molecule has 0 spiro atoms. The number of halogens is 1. The zero-order chi connectivity index (χ0) is 14.3. The number of fused-ring (bicyclic) bond motifs is 1. The highest BCUT2D eigenvalue weighted by Crippen LogP contribution is 2.32. The Morgan fingerprint density at radius 2 is 1.75 bits per heavy atom. The summed E-state index contributed by atoms with van der Waals surface area (Å²) in [7, 11) is 0. The first kappa shape index (κ1) is 12.9. The smallest absolute Gasteiger partial charge is 0.151 e. The molecule has 1 N–H and O–H groups in total. The largest absolute Gasteiger partial charge is 0.338 e. The molecule has 0 fully saturated rings. The first-order chi connectivity index (χ1) is 9.47. The maximum Gasteiger partial charge on any atom is 0.151 e. The van der Waals surface area contributed by atoms with Crippen LogP contribution in [-0.4, -0.2) is 9.97 Å². The molecule has 0 saturated heterocycles. The molecule has 0 bridgehead atoms. The summed E-state index contributed by atoms with van der Waals surface area (Å²) in [6, 6.07) is 13.1. The fourth-order valence-corrected chi connectivity index (χ4v) is 2.47. The van der Waals surface area contributed by atoms with E-state index in [9.17, 15) is 4.39 Å². The highest BCUT2D eigenvalue weighted by Gasteiger charge is 2.20. The highest BCUT2D eigenvalue weighted by molar-refractivity contribution is 5.80. The monoisotopic (exact) mass is 268 g/mol. The molecule has 0 unspecified atom stereocenters. The second kappa shape index (κ2) is 4.44. The van der Waals surface area contributed by atoms with E-state index in [0.29, 0.717) is 5.52 Å². The van der Waals surface area contributed by atoms with Gasteiger partial charge < -0.3 is 4.98 Å². The van der Waals surface area contributed by atoms with Gasteiger partial charge >= 0.3 is 0 Å². The van der Waals surface area contributed by atoms with E-state index in [4.69, 9.17) is 0 Å². The molecule has 3 rings (SSSR count). The number of hydrogen-bond acceptors (Lipinski definition) is 1. The second-order valence-corrected chi connectivity index (χ2v) is 6.02. The molecule has 1 heterocycles. The van der Waals surface area contributed by atoms with Crippen molar-refractivity contribution in [3.63, 3.8) is 0 Å². The van der Waals surface area contributed by atoms with Crippen molar-refractivity contribution in [2.24, 2.45) is 0 Å². The first-order valence-corrected chi connectivity index (χ1v) is 6.71. The number of rotatable bonds is 1. The van der Waals surface area contributed by atoms with Crippen molar-refractivity contribution in [2.45, 2.75) is 26.2 Å². The third-order valence-corrected chi connectivity index (χ3v) is 3.45. The molecule has 3 heteroatoms. The molecule has 0 radical (unpaired) electrons. The lowest BCUT2D eigenvalue weighted by Crippen LogP contribution is -2.12. The van der Waals surface area contributed by atoms with Gasteiger partial charge in [-0.3, -0.25) is 0 Å². The third-order valence-electron chi connectivity index (χ3n) is 3.45. The average Bonchev–Trinajstić information content (AvgIpc) is 2.83. The van der Waals surface area contributed by atoms with E-state index in [1.54, 1.807) is 6.07 Å². The van der Waals surface area contributed by atoms with Crippen LogP contribution in [0.25, 0.3) is 22.4 Å². The van der Waals surface area contributed by atoms with Crippen LogP contribution in [0.2, 0.25) is 0 Å². The van der Waals surface area contributed by atoms with Crippen LogP contribution in [0.3, 0.4) is 0 Å². The molecule has 3 aromatic rings. The van der Waals surface area contributed by atoms with E-state index in [-0.39, 0.29) is 11.2 Å². The molecular weight excluding hydrogens is 251 g/mol. The Hall–Kier alpha value is -2.16. The first-order valence-electron chi connectivity index (χ1n) is 6.71. The lowest BCUT2D eigenvalue weighted by Gasteiger charge is -2.21. The third kappa shape index (κ3) is 2.09. The number of benzene rings is 2. The Kier molecular flexibility index (Phi) is 2.85. The SMILES string of the molecule is CC(C)(C)c1ccccc1-c1nc2c(F)cccc2[nH]1. The molecular formula is C17H17FN2. The van der Waals surface area contributed by atoms with Crippen molar-refractivity contribution >= 4 is 11.0 Å². The quantitative estimate of drug-likeness (QED) is 0.682. The maximum atomic E-state index is 13.8. The van der Waals surface area contributed by atoms with Gasteiger partial charge in [-0.15, -0.1) is 0 Å². The zero-order valence-corrected chi connectivity index (χ0v) is 11.9. The van der Waals surface area contributed by atoms with Gasteiger partial charge in [0.05, 0.1) is 5.52 Å². The van der Waals surface area contributed by atoms with Crippen molar-refractivity contribution < 1.29 is 4.39 Å². The molecule has 2 nitrogen and oxygen atoms in total. The summed E-state index contributed by atoms with van der Waals surface area (Å²) in [6.07, 6.45) is 0. The van der Waals surface area contributed by atoms with Crippen LogP contribution < -0.4 is 0 Å². The van der Waals surface area contributed by atoms with Crippen LogP contribution in [0.4, 0.5) is 4.39 Å². The Balaban J connectivity index is 2.24. The summed E-state index contributed by atoms with van der Waals surface area (Å²) in [5.74, 6) is 0.425. The number of H-pyrrole nitrogens is 1. The summed E-state index contributed by atoms with van der Waals surface area (Å²) >= 11 is 0. The number of nitrogens with zero attached hydrogens (tertiary/aromatic N) is 1. The summed E-state index contributed by atoms with van der Waals surface area (Å²) in [5.41, 5.74) is 3.35. The molecule has 0 aliphatic carbocycles. The predicted molar refractivity (Wildman–Crippen MR) is 80.2 cm³/mol.